The molecule has 0 radical (unpaired) electrons. The van der Waals surface area contributed by atoms with Crippen LogP contribution in [0, 0.1) is 5.92 Å². The van der Waals surface area contributed by atoms with Gasteiger partial charge in [0.1, 0.15) is 5.76 Å². The third kappa shape index (κ3) is 3.93. The quantitative estimate of drug-likeness (QED) is 0.889. The third-order valence-corrected chi connectivity index (χ3v) is 4.18. The van der Waals surface area contributed by atoms with Gasteiger partial charge in [0.25, 0.3) is 0 Å². The van der Waals surface area contributed by atoms with Gasteiger partial charge in [-0.1, -0.05) is 30.3 Å². The Kier molecular flexibility index (Phi) is 4.98. The second-order valence-corrected chi connectivity index (χ2v) is 5.84. The molecule has 2 N–H and O–H groups in total. The minimum atomic E-state index is -0.187. The number of hydrogen-bond acceptors (Lipinski definition) is 3. The fourth-order valence-electron chi connectivity index (χ4n) is 2.93. The van der Waals surface area contributed by atoms with Crippen molar-refractivity contribution in [1.82, 2.24) is 10.6 Å². The van der Waals surface area contributed by atoms with Crippen molar-refractivity contribution in [3.8, 4) is 0 Å². The molecule has 3 rings (SSSR count). The number of hydrogen-bond donors (Lipinski definition) is 2. The van der Waals surface area contributed by atoms with Gasteiger partial charge >= 0.3 is 6.03 Å². The molecule has 5 nitrogen and oxygen atoms in total. The molecule has 122 valence electrons. The number of carbonyl (C=O) groups excluding carboxylic acids is 1. The molecule has 0 aliphatic carbocycles. The first-order chi connectivity index (χ1) is 11.2. The summed E-state index contributed by atoms with van der Waals surface area (Å²) in [5.41, 5.74) is 1.17. The van der Waals surface area contributed by atoms with Crippen molar-refractivity contribution in [1.29, 1.82) is 0 Å². The van der Waals surface area contributed by atoms with Crippen LogP contribution in [0.5, 0.6) is 0 Å². The van der Waals surface area contributed by atoms with Crippen molar-refractivity contribution in [2.24, 2.45) is 5.92 Å². The van der Waals surface area contributed by atoms with Gasteiger partial charge in [0.2, 0.25) is 0 Å². The molecule has 1 aliphatic rings. The van der Waals surface area contributed by atoms with Crippen LogP contribution in [0.2, 0.25) is 0 Å². The number of rotatable bonds is 5. The molecule has 2 heterocycles. The molecule has 1 aromatic heterocycles. The molecule has 2 amide bonds. The fourth-order valence-corrected chi connectivity index (χ4v) is 2.93. The molecule has 3 atom stereocenters. The SMILES string of the molecule is C[C@H](NC(=O)NC[C@H]1CCO[C@@H]1c1ccccc1)c1ccco1. The first kappa shape index (κ1) is 15.6. The lowest BCUT2D eigenvalue weighted by molar-refractivity contribution is 0.0909. The first-order valence-corrected chi connectivity index (χ1v) is 7.98. The van der Waals surface area contributed by atoms with Crippen LogP contribution in [-0.4, -0.2) is 19.2 Å². The highest BCUT2D eigenvalue weighted by Crippen LogP contribution is 2.33. The Balaban J connectivity index is 1.50. The highest BCUT2D eigenvalue weighted by molar-refractivity contribution is 5.74. The van der Waals surface area contributed by atoms with Gasteiger partial charge in [-0.15, -0.1) is 0 Å². The summed E-state index contributed by atoms with van der Waals surface area (Å²) in [5, 5.41) is 5.82. The Labute approximate surface area is 136 Å². The van der Waals surface area contributed by atoms with Crippen molar-refractivity contribution in [2.75, 3.05) is 13.2 Å². The molecule has 0 bridgehead atoms. The van der Waals surface area contributed by atoms with E-state index in [9.17, 15) is 4.79 Å². The van der Waals surface area contributed by atoms with Gasteiger partial charge in [0.15, 0.2) is 0 Å². The Morgan fingerprint density at radius 1 is 1.26 bits per heavy atom. The predicted molar refractivity (Wildman–Crippen MR) is 86.9 cm³/mol. The maximum Gasteiger partial charge on any atom is 0.315 e. The van der Waals surface area contributed by atoms with E-state index in [0.29, 0.717) is 12.5 Å². The molecule has 2 aromatic rings. The highest BCUT2D eigenvalue weighted by Gasteiger charge is 2.29. The van der Waals surface area contributed by atoms with Gasteiger partial charge in [-0.05, 0) is 31.0 Å². The number of amides is 2. The summed E-state index contributed by atoms with van der Waals surface area (Å²) in [6.45, 7) is 3.22. The van der Waals surface area contributed by atoms with E-state index in [1.807, 2.05) is 37.3 Å². The van der Waals surface area contributed by atoms with E-state index in [4.69, 9.17) is 9.15 Å². The van der Waals surface area contributed by atoms with Crippen LogP contribution in [0.25, 0.3) is 0 Å². The van der Waals surface area contributed by atoms with E-state index in [-0.39, 0.29) is 18.2 Å². The van der Waals surface area contributed by atoms with Crippen LogP contribution in [-0.2, 0) is 4.74 Å². The minimum Gasteiger partial charge on any atom is -0.467 e. The van der Waals surface area contributed by atoms with Crippen LogP contribution in [0.3, 0.4) is 0 Å². The molecule has 1 saturated heterocycles. The lowest BCUT2D eigenvalue weighted by Crippen LogP contribution is -2.39. The minimum absolute atomic E-state index is 0.0546. The summed E-state index contributed by atoms with van der Waals surface area (Å²) in [4.78, 5) is 12.0. The topological polar surface area (TPSA) is 63.5 Å². The molecule has 1 fully saturated rings. The number of nitrogens with one attached hydrogen (secondary N) is 2. The normalized spacial score (nSPS) is 21.8. The average Bonchev–Trinajstić information content (AvgIpc) is 3.25. The van der Waals surface area contributed by atoms with Gasteiger partial charge in [-0.3, -0.25) is 0 Å². The van der Waals surface area contributed by atoms with E-state index in [2.05, 4.69) is 22.8 Å². The van der Waals surface area contributed by atoms with Crippen molar-refractivity contribution in [3.63, 3.8) is 0 Å². The van der Waals surface area contributed by atoms with Crippen molar-refractivity contribution >= 4 is 6.03 Å². The van der Waals surface area contributed by atoms with Crippen LogP contribution < -0.4 is 10.6 Å². The zero-order valence-corrected chi connectivity index (χ0v) is 13.2. The molecular weight excluding hydrogens is 292 g/mol. The summed E-state index contributed by atoms with van der Waals surface area (Å²) < 4.78 is 11.1. The summed E-state index contributed by atoms with van der Waals surface area (Å²) in [5.74, 6) is 1.04. The van der Waals surface area contributed by atoms with Gasteiger partial charge in [-0.25, -0.2) is 4.79 Å². The molecule has 1 aliphatic heterocycles. The van der Waals surface area contributed by atoms with Crippen molar-refractivity contribution < 1.29 is 13.9 Å². The maximum absolute atomic E-state index is 12.0. The molecular formula is C18H22N2O3. The Hall–Kier alpha value is -2.27. The van der Waals surface area contributed by atoms with E-state index in [1.165, 1.54) is 5.56 Å². The number of urea groups is 1. The number of benzene rings is 1. The van der Waals surface area contributed by atoms with E-state index in [0.717, 1.165) is 18.8 Å². The predicted octanol–water partition coefficient (Wildman–Crippen LogP) is 3.42. The number of ether oxygens (including phenoxy) is 1. The standard InChI is InChI=1S/C18H22N2O3/c1-13(16-8-5-10-22-16)20-18(21)19-12-15-9-11-23-17(15)14-6-3-2-4-7-14/h2-8,10,13,15,17H,9,11-12H2,1H3,(H2,19,20,21)/t13-,15+,17+/m0/s1. The van der Waals surface area contributed by atoms with Crippen molar-refractivity contribution in [3.05, 3.63) is 60.1 Å². The number of furan rings is 1. The highest BCUT2D eigenvalue weighted by atomic mass is 16.5. The Morgan fingerprint density at radius 2 is 2.09 bits per heavy atom. The van der Waals surface area contributed by atoms with Gasteiger partial charge < -0.3 is 19.8 Å². The smallest absolute Gasteiger partial charge is 0.315 e. The average molecular weight is 314 g/mol. The largest absolute Gasteiger partial charge is 0.467 e. The molecule has 5 heteroatoms. The number of carbonyl (C=O) groups is 1. The molecule has 0 unspecified atom stereocenters. The lowest BCUT2D eigenvalue weighted by atomic mass is 9.95. The zero-order valence-electron chi connectivity index (χ0n) is 13.2. The first-order valence-electron chi connectivity index (χ1n) is 7.98. The van der Waals surface area contributed by atoms with Gasteiger partial charge in [0.05, 0.1) is 18.4 Å². The Morgan fingerprint density at radius 3 is 2.83 bits per heavy atom. The summed E-state index contributed by atoms with van der Waals surface area (Å²) in [6.07, 6.45) is 2.61. The van der Waals surface area contributed by atoms with Crippen LogP contribution in [0.1, 0.15) is 36.8 Å². The van der Waals surface area contributed by atoms with E-state index in [1.54, 1.807) is 6.26 Å². The molecule has 0 spiro atoms. The zero-order chi connectivity index (χ0) is 16.1. The fraction of sp³-hybridized carbons (Fsp3) is 0.389. The molecule has 0 saturated carbocycles. The van der Waals surface area contributed by atoms with E-state index >= 15 is 0 Å². The van der Waals surface area contributed by atoms with Crippen LogP contribution in [0.15, 0.2) is 53.1 Å². The summed E-state index contributed by atoms with van der Waals surface area (Å²) in [7, 11) is 0. The second kappa shape index (κ2) is 7.33. The van der Waals surface area contributed by atoms with Crippen molar-refractivity contribution in [2.45, 2.75) is 25.5 Å². The monoisotopic (exact) mass is 314 g/mol. The summed E-state index contributed by atoms with van der Waals surface area (Å²) >= 11 is 0. The lowest BCUT2D eigenvalue weighted by Gasteiger charge is -2.20. The van der Waals surface area contributed by atoms with Crippen LogP contribution >= 0.6 is 0 Å². The molecule has 1 aromatic carbocycles. The summed E-state index contributed by atoms with van der Waals surface area (Å²) in [6, 6.07) is 13.5. The molecule has 23 heavy (non-hydrogen) atoms. The van der Waals surface area contributed by atoms with Crippen LogP contribution in [0.4, 0.5) is 4.79 Å². The second-order valence-electron chi connectivity index (χ2n) is 5.84. The van der Waals surface area contributed by atoms with Gasteiger partial charge in [0, 0.05) is 19.1 Å². The van der Waals surface area contributed by atoms with E-state index < -0.39 is 0 Å². The van der Waals surface area contributed by atoms with Gasteiger partial charge in [-0.2, -0.15) is 0 Å². The third-order valence-electron chi connectivity index (χ3n) is 4.18. The maximum atomic E-state index is 12.0. The Bertz CT molecular complexity index is 612.